The third-order valence-corrected chi connectivity index (χ3v) is 4.54. The van der Waals surface area contributed by atoms with E-state index in [0.29, 0.717) is 11.4 Å². The molecule has 0 aliphatic rings. The van der Waals surface area contributed by atoms with Gasteiger partial charge in [0.2, 0.25) is 5.95 Å². The van der Waals surface area contributed by atoms with Crippen LogP contribution in [0.4, 0.5) is 11.6 Å². The van der Waals surface area contributed by atoms with E-state index in [1.807, 2.05) is 0 Å². The summed E-state index contributed by atoms with van der Waals surface area (Å²) < 4.78 is 0. The van der Waals surface area contributed by atoms with Crippen molar-refractivity contribution in [2.45, 2.75) is 25.4 Å². The minimum atomic E-state index is -1.33. The molecule has 33 heavy (non-hydrogen) atoms. The van der Waals surface area contributed by atoms with Gasteiger partial charge in [-0.05, 0) is 30.7 Å². The Bertz CT molecular complexity index is 1260. The number of carboxylic acids is 2. The van der Waals surface area contributed by atoms with E-state index >= 15 is 0 Å². The smallest absolute Gasteiger partial charge is 0.326 e. The Morgan fingerprint density at radius 3 is 2.48 bits per heavy atom. The van der Waals surface area contributed by atoms with Gasteiger partial charge < -0.3 is 31.3 Å². The molecule has 0 saturated carbocycles. The molecule has 8 N–H and O–H groups in total. The van der Waals surface area contributed by atoms with Crippen molar-refractivity contribution in [1.29, 1.82) is 0 Å². The number of H-pyrrole nitrogens is 1. The van der Waals surface area contributed by atoms with Crippen molar-refractivity contribution in [2.24, 2.45) is 5.84 Å². The van der Waals surface area contributed by atoms with Crippen LogP contribution in [-0.2, 0) is 16.1 Å². The molecular weight excluding hydrogens is 436 g/mol. The number of carbonyl (C=O) groups excluding carboxylic acids is 1. The number of aromatic amines is 1. The van der Waals surface area contributed by atoms with Gasteiger partial charge in [-0.3, -0.25) is 14.4 Å². The highest BCUT2D eigenvalue weighted by Gasteiger charge is 2.21. The van der Waals surface area contributed by atoms with Crippen molar-refractivity contribution >= 4 is 40.6 Å². The van der Waals surface area contributed by atoms with Crippen LogP contribution in [0.25, 0.3) is 11.2 Å². The standard InChI is InChI=1S/C19H20N8O6/c20-19-25-15-14(17(31)26-19)23-10(7-22-15)8-27(21)11-3-1-9(2-4-11)16(30)24-12(18(32)33)5-6-13(28)29/h1-4,7,12H,5-6,8,21H2,(H,24,30)(H,28,29)(H,32,33)(H3,20,22,25,26,31)/t12-/m0/s1. The normalized spacial score (nSPS) is 11.7. The molecule has 3 rings (SSSR count). The molecule has 0 unspecified atom stereocenters. The van der Waals surface area contributed by atoms with E-state index in [1.54, 1.807) is 0 Å². The number of nitrogens with one attached hydrogen (secondary N) is 2. The number of nitrogens with two attached hydrogens (primary N) is 2. The number of nitrogens with zero attached hydrogens (tertiary/aromatic N) is 4. The van der Waals surface area contributed by atoms with Gasteiger partial charge in [0.15, 0.2) is 11.2 Å². The summed E-state index contributed by atoms with van der Waals surface area (Å²) in [5.41, 5.74) is 6.10. The Morgan fingerprint density at radius 1 is 1.15 bits per heavy atom. The molecule has 0 aliphatic carbocycles. The first kappa shape index (κ1) is 23.1. The van der Waals surface area contributed by atoms with Gasteiger partial charge in [0.1, 0.15) is 6.04 Å². The van der Waals surface area contributed by atoms with Crippen LogP contribution in [0.1, 0.15) is 28.9 Å². The molecule has 1 aromatic carbocycles. The molecule has 0 spiro atoms. The summed E-state index contributed by atoms with van der Waals surface area (Å²) in [7, 11) is 0. The van der Waals surface area contributed by atoms with Gasteiger partial charge in [0, 0.05) is 12.0 Å². The maximum absolute atomic E-state index is 12.3. The van der Waals surface area contributed by atoms with Gasteiger partial charge in [-0.2, -0.15) is 4.98 Å². The van der Waals surface area contributed by atoms with Crippen LogP contribution in [0, 0.1) is 0 Å². The van der Waals surface area contributed by atoms with Crippen molar-refractivity contribution in [3.63, 3.8) is 0 Å². The van der Waals surface area contributed by atoms with E-state index in [-0.39, 0.29) is 35.6 Å². The summed E-state index contributed by atoms with van der Waals surface area (Å²) in [5.74, 6) is 2.82. The summed E-state index contributed by atoms with van der Waals surface area (Å²) in [5, 5.41) is 21.5. The molecule has 172 valence electrons. The van der Waals surface area contributed by atoms with Crippen LogP contribution in [0.3, 0.4) is 0 Å². The second-order valence-corrected chi connectivity index (χ2v) is 6.96. The predicted octanol–water partition coefficient (Wildman–Crippen LogP) is -0.777. The predicted molar refractivity (Wildman–Crippen MR) is 115 cm³/mol. The van der Waals surface area contributed by atoms with E-state index in [1.165, 1.54) is 35.5 Å². The number of hydrogen-bond donors (Lipinski definition) is 6. The SMILES string of the molecule is Nc1nc(=O)c2nc(CN(N)c3ccc(C(=O)N[C@@H](CCC(=O)O)C(=O)O)cc3)cnc2[nH]1. The molecule has 1 atom stereocenters. The maximum atomic E-state index is 12.3. The molecule has 3 aromatic rings. The number of nitrogen functional groups attached to an aromatic ring is 1. The number of hydrazine groups is 1. The zero-order chi connectivity index (χ0) is 24.1. The van der Waals surface area contributed by atoms with Crippen LogP contribution >= 0.6 is 0 Å². The zero-order valence-corrected chi connectivity index (χ0v) is 17.1. The quantitative estimate of drug-likeness (QED) is 0.172. The van der Waals surface area contributed by atoms with E-state index in [2.05, 4.69) is 25.3 Å². The molecule has 0 radical (unpaired) electrons. The molecule has 2 aromatic heterocycles. The van der Waals surface area contributed by atoms with Gasteiger partial charge in [-0.1, -0.05) is 0 Å². The number of hydrogen-bond acceptors (Lipinski definition) is 10. The number of anilines is 2. The second kappa shape index (κ2) is 9.69. The first-order chi connectivity index (χ1) is 15.6. The van der Waals surface area contributed by atoms with Crippen LogP contribution in [0.15, 0.2) is 35.3 Å². The lowest BCUT2D eigenvalue weighted by Gasteiger charge is -2.19. The number of carbonyl (C=O) groups is 3. The highest BCUT2D eigenvalue weighted by atomic mass is 16.4. The number of benzene rings is 1. The fraction of sp³-hybridized carbons (Fsp3) is 0.211. The number of rotatable bonds is 9. The lowest BCUT2D eigenvalue weighted by Crippen LogP contribution is -2.41. The molecular formula is C19H20N8O6. The van der Waals surface area contributed by atoms with Crippen molar-refractivity contribution in [2.75, 3.05) is 10.7 Å². The van der Waals surface area contributed by atoms with Gasteiger partial charge >= 0.3 is 17.5 Å². The topological polar surface area (TPSA) is 231 Å². The Morgan fingerprint density at radius 2 is 1.85 bits per heavy atom. The van der Waals surface area contributed by atoms with E-state index in [9.17, 15) is 19.2 Å². The van der Waals surface area contributed by atoms with Crippen molar-refractivity contribution in [3.05, 3.63) is 52.1 Å². The second-order valence-electron chi connectivity index (χ2n) is 6.96. The first-order valence-electron chi connectivity index (χ1n) is 9.53. The number of carboxylic acid groups (broad SMARTS) is 2. The lowest BCUT2D eigenvalue weighted by atomic mass is 10.1. The summed E-state index contributed by atoms with van der Waals surface area (Å²) in [6.45, 7) is 0.0780. The summed E-state index contributed by atoms with van der Waals surface area (Å²) in [6.07, 6.45) is 0.774. The molecule has 2 heterocycles. The Labute approximate surface area is 185 Å². The highest BCUT2D eigenvalue weighted by Crippen LogP contribution is 2.15. The minimum Gasteiger partial charge on any atom is -0.481 e. The highest BCUT2D eigenvalue weighted by molar-refractivity contribution is 5.97. The first-order valence-corrected chi connectivity index (χ1v) is 9.53. The van der Waals surface area contributed by atoms with Crippen molar-refractivity contribution < 1.29 is 24.6 Å². The molecule has 14 nitrogen and oxygen atoms in total. The minimum absolute atomic E-state index is 0.0120. The molecule has 14 heteroatoms. The molecule has 1 amide bonds. The van der Waals surface area contributed by atoms with E-state index < -0.39 is 35.9 Å². The molecule has 0 saturated heterocycles. The van der Waals surface area contributed by atoms with Crippen LogP contribution in [-0.4, -0.2) is 54.0 Å². The van der Waals surface area contributed by atoms with Crippen molar-refractivity contribution in [3.8, 4) is 0 Å². The molecule has 0 fully saturated rings. The average Bonchev–Trinajstić information content (AvgIpc) is 2.76. The summed E-state index contributed by atoms with van der Waals surface area (Å²) in [6, 6.07) is 4.60. The van der Waals surface area contributed by atoms with Gasteiger partial charge in [-0.15, -0.1) is 0 Å². The Balaban J connectivity index is 1.68. The fourth-order valence-electron chi connectivity index (χ4n) is 2.89. The van der Waals surface area contributed by atoms with Crippen LogP contribution in [0.5, 0.6) is 0 Å². The lowest BCUT2D eigenvalue weighted by molar-refractivity contribution is -0.140. The van der Waals surface area contributed by atoms with Crippen molar-refractivity contribution in [1.82, 2.24) is 25.3 Å². The summed E-state index contributed by atoms with van der Waals surface area (Å²) >= 11 is 0. The Kier molecular flexibility index (Phi) is 6.78. The van der Waals surface area contributed by atoms with Gasteiger partial charge in [-0.25, -0.2) is 20.6 Å². The fourth-order valence-corrected chi connectivity index (χ4v) is 2.89. The van der Waals surface area contributed by atoms with Gasteiger partial charge in [0.25, 0.3) is 5.91 Å². The number of aromatic nitrogens is 4. The molecule has 0 aliphatic heterocycles. The Hall–Kier alpha value is -4.59. The average molecular weight is 456 g/mol. The number of aliphatic carboxylic acids is 2. The van der Waals surface area contributed by atoms with E-state index in [0.717, 1.165) is 0 Å². The zero-order valence-electron chi connectivity index (χ0n) is 17.1. The summed E-state index contributed by atoms with van der Waals surface area (Å²) in [4.78, 5) is 60.7. The van der Waals surface area contributed by atoms with Crippen LogP contribution < -0.4 is 27.5 Å². The molecule has 0 bridgehead atoms. The third kappa shape index (κ3) is 5.76. The van der Waals surface area contributed by atoms with E-state index in [4.69, 9.17) is 21.8 Å². The third-order valence-electron chi connectivity index (χ3n) is 4.54. The largest absolute Gasteiger partial charge is 0.481 e. The number of fused-ring (bicyclic) bond motifs is 1. The number of amides is 1. The van der Waals surface area contributed by atoms with Gasteiger partial charge in [0.05, 0.1) is 24.1 Å². The van der Waals surface area contributed by atoms with Crippen LogP contribution in [0.2, 0.25) is 0 Å². The monoisotopic (exact) mass is 456 g/mol. The maximum Gasteiger partial charge on any atom is 0.326 e.